The lowest BCUT2D eigenvalue weighted by Gasteiger charge is -2.06. The zero-order chi connectivity index (χ0) is 11.5. The number of methoxy groups -OCH3 is 1. The Kier molecular flexibility index (Phi) is 2.87. The lowest BCUT2D eigenvalue weighted by Crippen LogP contribution is -2.02. The number of benzene rings is 1. The monoisotopic (exact) mass is 237 g/mol. The Bertz CT molecular complexity index is 525. The van der Waals surface area contributed by atoms with Gasteiger partial charge in [0.15, 0.2) is 6.29 Å². The molecule has 1 aromatic carbocycles. The third-order valence-electron chi connectivity index (χ3n) is 2.01. The average molecular weight is 238 g/mol. The first-order chi connectivity index (χ1) is 7.76. The van der Waals surface area contributed by atoms with E-state index in [0.29, 0.717) is 17.0 Å². The average Bonchev–Trinajstić information content (AvgIpc) is 2.71. The van der Waals surface area contributed by atoms with Crippen molar-refractivity contribution in [1.82, 2.24) is 14.8 Å². The molecular weight excluding hydrogens is 230 g/mol. The van der Waals surface area contributed by atoms with Gasteiger partial charge in [-0.2, -0.15) is 0 Å². The molecule has 16 heavy (non-hydrogen) atoms. The molecule has 1 aromatic heterocycles. The quantitative estimate of drug-likeness (QED) is 0.763. The van der Waals surface area contributed by atoms with Gasteiger partial charge in [0, 0.05) is 5.02 Å². The first-order valence-electron chi connectivity index (χ1n) is 4.47. The highest BCUT2D eigenvalue weighted by Gasteiger charge is 2.13. The van der Waals surface area contributed by atoms with Crippen LogP contribution in [0.15, 0.2) is 24.3 Å². The molecule has 0 saturated carbocycles. The smallest absolute Gasteiger partial charge is 0.321 e. The van der Waals surface area contributed by atoms with Crippen LogP contribution in [0.1, 0.15) is 10.6 Å². The zero-order valence-corrected chi connectivity index (χ0v) is 9.18. The fourth-order valence-corrected chi connectivity index (χ4v) is 1.53. The zero-order valence-electron chi connectivity index (χ0n) is 8.42. The Morgan fingerprint density at radius 1 is 1.44 bits per heavy atom. The summed E-state index contributed by atoms with van der Waals surface area (Å²) in [5.74, 6) is 0.166. The van der Waals surface area contributed by atoms with Gasteiger partial charge in [-0.15, -0.1) is 5.10 Å². The predicted molar refractivity (Wildman–Crippen MR) is 58.3 cm³/mol. The molecule has 82 valence electrons. The molecule has 0 aliphatic heterocycles. The minimum absolute atomic E-state index is 0.166. The third kappa shape index (κ3) is 1.77. The molecule has 2 rings (SSSR count). The van der Waals surface area contributed by atoms with E-state index in [9.17, 15) is 4.79 Å². The molecule has 0 aliphatic carbocycles. The van der Waals surface area contributed by atoms with Crippen molar-refractivity contribution in [3.63, 3.8) is 0 Å². The van der Waals surface area contributed by atoms with Crippen molar-refractivity contribution >= 4 is 17.9 Å². The van der Waals surface area contributed by atoms with E-state index in [0.717, 1.165) is 0 Å². The molecule has 0 atom stereocenters. The SMILES string of the molecule is COc1nnc(C=O)n1-c1cccc(Cl)c1. The Balaban J connectivity index is 2.61. The van der Waals surface area contributed by atoms with E-state index in [1.165, 1.54) is 11.7 Å². The number of carbonyl (C=O) groups excluding carboxylic acids is 1. The summed E-state index contributed by atoms with van der Waals surface area (Å²) in [5, 5.41) is 7.98. The van der Waals surface area contributed by atoms with Crippen LogP contribution in [0.2, 0.25) is 5.02 Å². The lowest BCUT2D eigenvalue weighted by atomic mass is 10.3. The Labute approximate surface area is 96.6 Å². The second-order valence-corrected chi connectivity index (χ2v) is 3.41. The van der Waals surface area contributed by atoms with Crippen molar-refractivity contribution in [3.8, 4) is 11.7 Å². The Morgan fingerprint density at radius 2 is 2.25 bits per heavy atom. The lowest BCUT2D eigenvalue weighted by molar-refractivity contribution is 0.111. The molecule has 0 saturated heterocycles. The Hall–Kier alpha value is -1.88. The van der Waals surface area contributed by atoms with Crippen LogP contribution < -0.4 is 4.74 Å². The minimum atomic E-state index is 0.166. The van der Waals surface area contributed by atoms with Gasteiger partial charge in [0.1, 0.15) is 0 Å². The van der Waals surface area contributed by atoms with Crippen LogP contribution in [0.25, 0.3) is 5.69 Å². The first kappa shape index (κ1) is 10.6. The number of aromatic nitrogens is 3. The molecule has 5 nitrogen and oxygen atoms in total. The van der Waals surface area contributed by atoms with Crippen molar-refractivity contribution in [1.29, 1.82) is 0 Å². The van der Waals surface area contributed by atoms with Gasteiger partial charge in [0.25, 0.3) is 0 Å². The summed E-state index contributed by atoms with van der Waals surface area (Å²) in [6.07, 6.45) is 0.608. The van der Waals surface area contributed by atoms with Crippen LogP contribution in [0, 0.1) is 0 Å². The van der Waals surface area contributed by atoms with Crippen LogP contribution >= 0.6 is 11.6 Å². The number of nitrogens with zero attached hydrogens (tertiary/aromatic N) is 3. The van der Waals surface area contributed by atoms with Crippen LogP contribution in [0.4, 0.5) is 0 Å². The number of ether oxygens (including phenoxy) is 1. The normalized spacial score (nSPS) is 10.1. The van der Waals surface area contributed by atoms with E-state index in [4.69, 9.17) is 16.3 Å². The standard InChI is InChI=1S/C10H8ClN3O2/c1-16-10-13-12-9(6-15)14(10)8-4-2-3-7(11)5-8/h2-6H,1H3. The third-order valence-corrected chi connectivity index (χ3v) is 2.25. The van der Waals surface area contributed by atoms with Gasteiger partial charge < -0.3 is 4.74 Å². The van der Waals surface area contributed by atoms with Crippen molar-refractivity contribution in [3.05, 3.63) is 35.1 Å². The highest BCUT2D eigenvalue weighted by Crippen LogP contribution is 2.20. The number of hydrogen-bond acceptors (Lipinski definition) is 4. The summed E-state index contributed by atoms with van der Waals surface area (Å²) in [4.78, 5) is 10.8. The largest absolute Gasteiger partial charge is 0.467 e. The molecule has 0 N–H and O–H groups in total. The van der Waals surface area contributed by atoms with Crippen LogP contribution in [0.5, 0.6) is 6.01 Å². The van der Waals surface area contributed by atoms with Crippen molar-refractivity contribution in [2.24, 2.45) is 0 Å². The van der Waals surface area contributed by atoms with Gasteiger partial charge in [0.2, 0.25) is 5.82 Å². The van der Waals surface area contributed by atoms with Crippen LogP contribution in [-0.2, 0) is 0 Å². The second kappa shape index (κ2) is 4.32. The summed E-state index contributed by atoms with van der Waals surface area (Å²) in [5.41, 5.74) is 0.677. The van der Waals surface area contributed by atoms with Gasteiger partial charge in [-0.3, -0.25) is 4.79 Å². The molecule has 0 amide bonds. The molecule has 0 fully saturated rings. The predicted octanol–water partition coefficient (Wildman–Crippen LogP) is 1.74. The minimum Gasteiger partial charge on any atom is -0.467 e. The first-order valence-corrected chi connectivity index (χ1v) is 4.84. The summed E-state index contributed by atoms with van der Waals surface area (Å²) in [6.45, 7) is 0. The molecule has 1 heterocycles. The van der Waals surface area contributed by atoms with Gasteiger partial charge in [-0.05, 0) is 18.2 Å². The van der Waals surface area contributed by atoms with E-state index in [1.807, 2.05) is 0 Å². The van der Waals surface area contributed by atoms with Gasteiger partial charge in [-0.25, -0.2) is 4.57 Å². The molecule has 6 heteroatoms. The van der Waals surface area contributed by atoms with Gasteiger partial charge in [0.05, 0.1) is 12.8 Å². The van der Waals surface area contributed by atoms with E-state index in [-0.39, 0.29) is 11.8 Å². The number of hydrogen-bond donors (Lipinski definition) is 0. The van der Waals surface area contributed by atoms with Gasteiger partial charge in [-0.1, -0.05) is 22.8 Å². The second-order valence-electron chi connectivity index (χ2n) is 2.98. The molecular formula is C10H8ClN3O2. The van der Waals surface area contributed by atoms with E-state index >= 15 is 0 Å². The summed E-state index contributed by atoms with van der Waals surface area (Å²) in [7, 11) is 1.46. The van der Waals surface area contributed by atoms with E-state index in [2.05, 4.69) is 10.2 Å². The maximum atomic E-state index is 10.8. The van der Waals surface area contributed by atoms with Crippen LogP contribution in [-0.4, -0.2) is 28.2 Å². The number of aldehydes is 1. The van der Waals surface area contributed by atoms with Gasteiger partial charge >= 0.3 is 6.01 Å². The highest BCUT2D eigenvalue weighted by atomic mass is 35.5. The van der Waals surface area contributed by atoms with E-state index < -0.39 is 0 Å². The Morgan fingerprint density at radius 3 is 2.88 bits per heavy atom. The fourth-order valence-electron chi connectivity index (χ4n) is 1.35. The van der Waals surface area contributed by atoms with Crippen molar-refractivity contribution in [2.75, 3.05) is 7.11 Å². The summed E-state index contributed by atoms with van der Waals surface area (Å²) in [6, 6.07) is 7.23. The van der Waals surface area contributed by atoms with Crippen LogP contribution in [0.3, 0.4) is 0 Å². The van der Waals surface area contributed by atoms with Crippen molar-refractivity contribution < 1.29 is 9.53 Å². The number of rotatable bonds is 3. The molecule has 0 bridgehead atoms. The molecule has 0 unspecified atom stereocenters. The molecule has 0 aliphatic rings. The van der Waals surface area contributed by atoms with Crippen molar-refractivity contribution in [2.45, 2.75) is 0 Å². The number of halogens is 1. The summed E-state index contributed by atoms with van der Waals surface area (Å²) >= 11 is 5.87. The fraction of sp³-hybridized carbons (Fsp3) is 0.100. The molecule has 0 radical (unpaired) electrons. The maximum Gasteiger partial charge on any atom is 0.321 e. The molecule has 2 aromatic rings. The maximum absolute atomic E-state index is 10.8. The summed E-state index contributed by atoms with van der Waals surface area (Å²) < 4.78 is 6.49. The highest BCUT2D eigenvalue weighted by molar-refractivity contribution is 6.30. The number of carbonyl (C=O) groups is 1. The molecule has 0 spiro atoms. The van der Waals surface area contributed by atoms with E-state index in [1.54, 1.807) is 24.3 Å². The topological polar surface area (TPSA) is 57.0 Å².